The molecule has 8 heteroatoms. The lowest BCUT2D eigenvalue weighted by Crippen LogP contribution is -2.22. The third-order valence-corrected chi connectivity index (χ3v) is 6.15. The molecule has 19 heavy (non-hydrogen) atoms. The molecule has 1 atom stereocenters. The van der Waals surface area contributed by atoms with Crippen molar-refractivity contribution < 1.29 is 13.2 Å². The quantitative estimate of drug-likeness (QED) is 0.340. The fourth-order valence-corrected chi connectivity index (χ4v) is 4.65. The zero-order chi connectivity index (χ0) is 14.0. The molecule has 0 N–H and O–H groups in total. The second kappa shape index (κ2) is 6.32. The summed E-state index contributed by atoms with van der Waals surface area (Å²) in [5, 5.41) is 1.92. The monoisotopic (exact) mass is 433 g/mol. The third-order valence-electron chi connectivity index (χ3n) is 2.34. The first-order valence-electron chi connectivity index (χ1n) is 5.12. The molecule has 1 heterocycles. The molecule has 1 nitrogen and oxygen atoms in total. The zero-order valence-electron chi connectivity index (χ0n) is 9.32. The van der Waals surface area contributed by atoms with E-state index >= 15 is 0 Å². The summed E-state index contributed by atoms with van der Waals surface area (Å²) in [6.45, 7) is 0.416. The predicted octanol–water partition coefficient (Wildman–Crippen LogP) is 5.72. The predicted molar refractivity (Wildman–Crippen MR) is 81.2 cm³/mol. The van der Waals surface area contributed by atoms with Gasteiger partial charge in [0.05, 0.1) is 4.61 Å². The maximum atomic E-state index is 12.5. The Morgan fingerprint density at radius 1 is 1.32 bits per heavy atom. The third kappa shape index (κ3) is 4.34. The van der Waals surface area contributed by atoms with E-state index in [4.69, 9.17) is 0 Å². The molecule has 1 aromatic rings. The van der Waals surface area contributed by atoms with Crippen LogP contribution in [-0.4, -0.2) is 14.7 Å². The van der Waals surface area contributed by atoms with E-state index in [9.17, 15) is 13.2 Å². The molecule has 0 bridgehead atoms. The summed E-state index contributed by atoms with van der Waals surface area (Å²) >= 11 is 8.35. The minimum atomic E-state index is -4.27. The van der Waals surface area contributed by atoms with Crippen molar-refractivity contribution in [1.29, 1.82) is 0 Å². The second-order valence-electron chi connectivity index (χ2n) is 3.65. The lowest BCUT2D eigenvalue weighted by Gasteiger charge is -2.24. The van der Waals surface area contributed by atoms with Gasteiger partial charge in [-0.05, 0) is 39.3 Å². The minimum absolute atomic E-state index is 0.0332. The Morgan fingerprint density at radius 3 is 2.58 bits per heavy atom. The number of hydrogen-bond acceptors (Lipinski definition) is 3. The molecule has 0 aromatic heterocycles. The zero-order valence-corrected chi connectivity index (χ0v) is 14.1. The lowest BCUT2D eigenvalue weighted by molar-refractivity contribution is -0.0328. The fourth-order valence-electron chi connectivity index (χ4n) is 1.54. The van der Waals surface area contributed by atoms with Crippen LogP contribution in [0.4, 0.5) is 13.2 Å². The van der Waals surface area contributed by atoms with E-state index in [1.807, 2.05) is 10.3 Å². The van der Waals surface area contributed by atoms with Crippen molar-refractivity contribution in [2.24, 2.45) is 0 Å². The van der Waals surface area contributed by atoms with Crippen LogP contribution in [0.5, 0.6) is 0 Å². The van der Waals surface area contributed by atoms with Crippen LogP contribution in [0.25, 0.3) is 0 Å². The minimum Gasteiger partial charge on any atom is -0.339 e. The topological polar surface area (TPSA) is 3.24 Å². The van der Waals surface area contributed by atoms with Crippen molar-refractivity contribution in [2.45, 2.75) is 21.2 Å². The van der Waals surface area contributed by atoms with Gasteiger partial charge in [-0.2, -0.15) is 13.2 Å². The number of alkyl halides is 4. The average Bonchev–Trinajstić information content (AvgIpc) is 2.61. The Balaban J connectivity index is 2.18. The summed E-state index contributed by atoms with van der Waals surface area (Å²) < 4.78 is 38.4. The molecule has 0 saturated heterocycles. The summed E-state index contributed by atoms with van der Waals surface area (Å²) in [7, 11) is 0. The van der Waals surface area contributed by atoms with E-state index in [0.717, 1.165) is 4.61 Å². The van der Waals surface area contributed by atoms with E-state index < -0.39 is 5.51 Å². The van der Waals surface area contributed by atoms with Gasteiger partial charge in [0, 0.05) is 16.8 Å². The molecule has 1 unspecified atom stereocenters. The first kappa shape index (κ1) is 15.6. The average molecular weight is 435 g/mol. The molecule has 0 spiro atoms. The highest BCUT2D eigenvalue weighted by atomic mass is 79.9. The van der Waals surface area contributed by atoms with Gasteiger partial charge in [-0.25, -0.2) is 0 Å². The molecule has 0 aliphatic carbocycles. The number of benzene rings is 1. The SMILES string of the molecule is FC(F)(F)Sc1ccccc1CN1C(Br)=CSC1Br. The highest BCUT2D eigenvalue weighted by molar-refractivity contribution is 9.12. The Hall–Kier alpha value is 0.210. The lowest BCUT2D eigenvalue weighted by atomic mass is 10.2. The Kier molecular flexibility index (Phi) is 5.19. The fraction of sp³-hybridized carbons (Fsp3) is 0.273. The smallest absolute Gasteiger partial charge is 0.339 e. The summed E-state index contributed by atoms with van der Waals surface area (Å²) in [6.07, 6.45) is 0. The van der Waals surface area contributed by atoms with Gasteiger partial charge >= 0.3 is 5.51 Å². The Morgan fingerprint density at radius 2 is 2.00 bits per heavy atom. The van der Waals surface area contributed by atoms with Crippen LogP contribution in [-0.2, 0) is 6.54 Å². The molecule has 0 saturated carbocycles. The normalized spacial score (nSPS) is 19.7. The van der Waals surface area contributed by atoms with Crippen molar-refractivity contribution in [3.05, 3.63) is 39.8 Å². The maximum absolute atomic E-state index is 12.5. The highest BCUT2D eigenvalue weighted by Gasteiger charge is 2.31. The van der Waals surface area contributed by atoms with Gasteiger partial charge < -0.3 is 4.90 Å². The number of thioether (sulfide) groups is 2. The second-order valence-corrected chi connectivity index (χ2v) is 8.00. The highest BCUT2D eigenvalue weighted by Crippen LogP contribution is 2.42. The van der Waals surface area contributed by atoms with E-state index in [2.05, 4.69) is 31.9 Å². The van der Waals surface area contributed by atoms with E-state index in [0.29, 0.717) is 12.1 Å². The van der Waals surface area contributed by atoms with E-state index in [1.54, 1.807) is 30.0 Å². The van der Waals surface area contributed by atoms with Crippen LogP contribution in [0.2, 0.25) is 0 Å². The van der Waals surface area contributed by atoms with Crippen molar-refractivity contribution in [3.8, 4) is 0 Å². The van der Waals surface area contributed by atoms with Crippen molar-refractivity contribution in [3.63, 3.8) is 0 Å². The summed E-state index contributed by atoms with van der Waals surface area (Å²) in [5.74, 6) is 0. The van der Waals surface area contributed by atoms with Crippen molar-refractivity contribution >= 4 is 55.4 Å². The number of halogens is 5. The van der Waals surface area contributed by atoms with Gasteiger partial charge in [0.1, 0.15) is 4.28 Å². The van der Waals surface area contributed by atoms with Gasteiger partial charge in [-0.1, -0.05) is 45.9 Å². The van der Waals surface area contributed by atoms with Crippen LogP contribution in [0.1, 0.15) is 5.56 Å². The summed E-state index contributed by atoms with van der Waals surface area (Å²) in [6, 6.07) is 6.58. The molecular weight excluding hydrogens is 427 g/mol. The Labute approximate surface area is 134 Å². The first-order chi connectivity index (χ1) is 8.87. The van der Waals surface area contributed by atoms with Crippen LogP contribution < -0.4 is 0 Å². The summed E-state index contributed by atoms with van der Waals surface area (Å²) in [5.41, 5.74) is -3.61. The molecule has 1 aliphatic heterocycles. The van der Waals surface area contributed by atoms with Gasteiger partial charge in [-0.15, -0.1) is 0 Å². The molecule has 104 valence electrons. The largest absolute Gasteiger partial charge is 0.446 e. The molecule has 0 fully saturated rings. The standard InChI is InChI=1S/C11H8Br2F3NS2/c12-9-6-18-10(13)17(9)5-7-3-1-2-4-8(7)19-11(14,15)16/h1-4,6,10H,5H2. The number of hydrogen-bond donors (Lipinski definition) is 0. The molecule has 0 radical (unpaired) electrons. The van der Waals surface area contributed by atoms with Gasteiger partial charge in [0.2, 0.25) is 0 Å². The van der Waals surface area contributed by atoms with E-state index in [1.165, 1.54) is 6.07 Å². The van der Waals surface area contributed by atoms with Gasteiger partial charge in [0.15, 0.2) is 0 Å². The Bertz CT molecular complexity index is 493. The first-order valence-corrected chi connectivity index (χ1v) is 8.59. The van der Waals surface area contributed by atoms with Gasteiger partial charge in [-0.3, -0.25) is 0 Å². The molecule has 1 aromatic carbocycles. The molecule has 2 rings (SSSR count). The van der Waals surface area contributed by atoms with Crippen LogP contribution >= 0.6 is 55.4 Å². The van der Waals surface area contributed by atoms with Crippen molar-refractivity contribution in [1.82, 2.24) is 4.90 Å². The number of rotatable bonds is 3. The molecular formula is C11H8Br2F3NS2. The molecule has 0 amide bonds. The number of nitrogens with zero attached hydrogens (tertiary/aromatic N) is 1. The summed E-state index contributed by atoms with van der Waals surface area (Å²) in [4.78, 5) is 2.19. The van der Waals surface area contributed by atoms with Crippen LogP contribution in [0.3, 0.4) is 0 Å². The maximum Gasteiger partial charge on any atom is 0.446 e. The molecule has 1 aliphatic rings. The van der Waals surface area contributed by atoms with Gasteiger partial charge in [0.25, 0.3) is 0 Å². The van der Waals surface area contributed by atoms with Crippen LogP contribution in [0, 0.1) is 0 Å². The van der Waals surface area contributed by atoms with E-state index in [-0.39, 0.29) is 20.9 Å². The van der Waals surface area contributed by atoms with Crippen LogP contribution in [0.15, 0.2) is 39.2 Å². The van der Waals surface area contributed by atoms with Crippen molar-refractivity contribution in [2.75, 3.05) is 0 Å².